The highest BCUT2D eigenvalue weighted by Gasteiger charge is 2.05. The molecule has 0 aromatic heterocycles. The minimum absolute atomic E-state index is 0.242. The molecule has 0 bridgehead atoms. The van der Waals surface area contributed by atoms with Crippen molar-refractivity contribution in [1.82, 2.24) is 0 Å². The highest BCUT2D eigenvalue weighted by atomic mass is 32.2. The first-order chi connectivity index (χ1) is 7.52. The van der Waals surface area contributed by atoms with Crippen LogP contribution in [-0.4, -0.2) is 11.3 Å². The molecular formula is C14H23NS. The molecule has 0 aliphatic heterocycles. The largest absolute Gasteiger partial charge is 0.328 e. The summed E-state index contributed by atoms with van der Waals surface area (Å²) >= 11 is 1.95. The third-order valence-electron chi connectivity index (χ3n) is 2.77. The first-order valence-corrected chi connectivity index (χ1v) is 6.92. The van der Waals surface area contributed by atoms with E-state index in [4.69, 9.17) is 5.73 Å². The van der Waals surface area contributed by atoms with E-state index < -0.39 is 0 Å². The lowest BCUT2D eigenvalue weighted by Crippen LogP contribution is -2.18. The molecule has 0 aliphatic rings. The van der Waals surface area contributed by atoms with Crippen molar-refractivity contribution in [2.75, 3.05) is 0 Å². The van der Waals surface area contributed by atoms with Gasteiger partial charge in [0.25, 0.3) is 0 Å². The molecule has 0 aliphatic carbocycles. The van der Waals surface area contributed by atoms with Crippen molar-refractivity contribution in [3.63, 3.8) is 0 Å². The van der Waals surface area contributed by atoms with E-state index in [1.807, 2.05) is 11.8 Å². The first kappa shape index (κ1) is 13.6. The van der Waals surface area contributed by atoms with Crippen LogP contribution in [0.5, 0.6) is 0 Å². The number of aryl methyl sites for hydroxylation is 1. The molecule has 1 aromatic carbocycles. The van der Waals surface area contributed by atoms with Crippen LogP contribution in [0.2, 0.25) is 0 Å². The molecule has 16 heavy (non-hydrogen) atoms. The molecular weight excluding hydrogens is 214 g/mol. The molecule has 0 saturated heterocycles. The van der Waals surface area contributed by atoms with Gasteiger partial charge in [0.2, 0.25) is 0 Å². The van der Waals surface area contributed by atoms with Gasteiger partial charge in [0, 0.05) is 16.2 Å². The Morgan fingerprint density at radius 3 is 2.50 bits per heavy atom. The van der Waals surface area contributed by atoms with E-state index in [9.17, 15) is 0 Å². The van der Waals surface area contributed by atoms with Crippen LogP contribution in [0, 0.1) is 6.92 Å². The monoisotopic (exact) mass is 237 g/mol. The van der Waals surface area contributed by atoms with E-state index >= 15 is 0 Å². The van der Waals surface area contributed by atoms with Gasteiger partial charge < -0.3 is 5.73 Å². The molecule has 0 saturated carbocycles. The summed E-state index contributed by atoms with van der Waals surface area (Å²) in [6.45, 7) is 8.74. The predicted octanol–water partition coefficient (Wildman–Crippen LogP) is 3.78. The van der Waals surface area contributed by atoms with E-state index in [-0.39, 0.29) is 6.04 Å². The zero-order valence-electron chi connectivity index (χ0n) is 10.8. The van der Waals surface area contributed by atoms with Crippen LogP contribution >= 0.6 is 11.8 Å². The molecule has 0 spiro atoms. The molecule has 0 heterocycles. The van der Waals surface area contributed by atoms with Crippen LogP contribution < -0.4 is 5.73 Å². The lowest BCUT2D eigenvalue weighted by molar-refractivity contribution is 0.734. The second-order valence-corrected chi connectivity index (χ2v) is 6.12. The Kier molecular flexibility index (Phi) is 5.36. The minimum atomic E-state index is 0.242. The third kappa shape index (κ3) is 4.18. The summed E-state index contributed by atoms with van der Waals surface area (Å²) in [7, 11) is 0. The van der Waals surface area contributed by atoms with Crippen LogP contribution in [0.3, 0.4) is 0 Å². The summed E-state index contributed by atoms with van der Waals surface area (Å²) in [5, 5.41) is 0.693. The standard InChI is InChI=1S/C14H23NS/c1-5-12(4)16-14-7-6-13(9-11(3)15)10(2)8-14/h6-8,11-12H,5,9,15H2,1-4H3. The second kappa shape index (κ2) is 6.31. The molecule has 1 aromatic rings. The molecule has 2 atom stereocenters. The minimum Gasteiger partial charge on any atom is -0.328 e. The zero-order chi connectivity index (χ0) is 12.1. The quantitative estimate of drug-likeness (QED) is 0.789. The number of benzene rings is 1. The molecule has 2 unspecified atom stereocenters. The molecule has 0 radical (unpaired) electrons. The first-order valence-electron chi connectivity index (χ1n) is 6.04. The Morgan fingerprint density at radius 2 is 2.00 bits per heavy atom. The lowest BCUT2D eigenvalue weighted by Gasteiger charge is -2.12. The van der Waals surface area contributed by atoms with Gasteiger partial charge in [-0.15, -0.1) is 11.8 Å². The van der Waals surface area contributed by atoms with Crippen molar-refractivity contribution < 1.29 is 0 Å². The van der Waals surface area contributed by atoms with E-state index in [2.05, 4.69) is 45.9 Å². The Balaban J connectivity index is 2.74. The Morgan fingerprint density at radius 1 is 1.31 bits per heavy atom. The fraction of sp³-hybridized carbons (Fsp3) is 0.571. The van der Waals surface area contributed by atoms with Crippen LogP contribution in [-0.2, 0) is 6.42 Å². The van der Waals surface area contributed by atoms with Gasteiger partial charge in [-0.25, -0.2) is 0 Å². The third-order valence-corrected chi connectivity index (χ3v) is 4.03. The Labute approximate surface area is 104 Å². The smallest absolute Gasteiger partial charge is 0.00775 e. The van der Waals surface area contributed by atoms with E-state index in [1.165, 1.54) is 22.4 Å². The highest BCUT2D eigenvalue weighted by Crippen LogP contribution is 2.27. The summed E-state index contributed by atoms with van der Waals surface area (Å²) < 4.78 is 0. The van der Waals surface area contributed by atoms with Crippen LogP contribution in [0.15, 0.2) is 23.1 Å². The van der Waals surface area contributed by atoms with Gasteiger partial charge in [0.1, 0.15) is 0 Å². The summed E-state index contributed by atoms with van der Waals surface area (Å²) in [6.07, 6.45) is 2.19. The maximum atomic E-state index is 5.83. The topological polar surface area (TPSA) is 26.0 Å². The van der Waals surface area contributed by atoms with E-state index in [1.54, 1.807) is 0 Å². The molecule has 2 N–H and O–H groups in total. The molecule has 0 fully saturated rings. The molecule has 2 heteroatoms. The van der Waals surface area contributed by atoms with Gasteiger partial charge >= 0.3 is 0 Å². The number of hydrogen-bond acceptors (Lipinski definition) is 2. The molecule has 90 valence electrons. The summed E-state index contributed by atoms with van der Waals surface area (Å²) in [5.74, 6) is 0. The average Bonchev–Trinajstić information content (AvgIpc) is 2.21. The highest BCUT2D eigenvalue weighted by molar-refractivity contribution is 7.99. The molecule has 1 rings (SSSR count). The van der Waals surface area contributed by atoms with Gasteiger partial charge in [-0.3, -0.25) is 0 Å². The van der Waals surface area contributed by atoms with Gasteiger partial charge in [-0.05, 0) is 49.9 Å². The van der Waals surface area contributed by atoms with Gasteiger partial charge in [0.15, 0.2) is 0 Å². The van der Waals surface area contributed by atoms with Crippen molar-refractivity contribution in [3.05, 3.63) is 29.3 Å². The Hall–Kier alpha value is -0.470. The fourth-order valence-corrected chi connectivity index (χ4v) is 2.66. The normalized spacial score (nSPS) is 14.8. The van der Waals surface area contributed by atoms with Crippen molar-refractivity contribution in [2.24, 2.45) is 5.73 Å². The van der Waals surface area contributed by atoms with Crippen LogP contribution in [0.4, 0.5) is 0 Å². The zero-order valence-corrected chi connectivity index (χ0v) is 11.6. The van der Waals surface area contributed by atoms with Crippen molar-refractivity contribution in [3.8, 4) is 0 Å². The lowest BCUT2D eigenvalue weighted by atomic mass is 10.0. The molecule has 1 nitrogen and oxygen atoms in total. The average molecular weight is 237 g/mol. The molecule has 0 amide bonds. The van der Waals surface area contributed by atoms with Crippen molar-refractivity contribution >= 4 is 11.8 Å². The van der Waals surface area contributed by atoms with Gasteiger partial charge in [-0.1, -0.05) is 19.9 Å². The van der Waals surface area contributed by atoms with E-state index in [0.29, 0.717) is 5.25 Å². The second-order valence-electron chi connectivity index (χ2n) is 4.61. The van der Waals surface area contributed by atoms with Crippen LogP contribution in [0.25, 0.3) is 0 Å². The van der Waals surface area contributed by atoms with Crippen LogP contribution in [0.1, 0.15) is 38.3 Å². The number of rotatable bonds is 5. The van der Waals surface area contributed by atoms with Gasteiger partial charge in [-0.2, -0.15) is 0 Å². The fourth-order valence-electron chi connectivity index (χ4n) is 1.63. The summed E-state index contributed by atoms with van der Waals surface area (Å²) in [6, 6.07) is 6.98. The number of thioether (sulfide) groups is 1. The number of hydrogen-bond donors (Lipinski definition) is 1. The van der Waals surface area contributed by atoms with Crippen molar-refractivity contribution in [2.45, 2.75) is 56.7 Å². The van der Waals surface area contributed by atoms with Crippen molar-refractivity contribution in [1.29, 1.82) is 0 Å². The van der Waals surface area contributed by atoms with Gasteiger partial charge in [0.05, 0.1) is 0 Å². The predicted molar refractivity (Wildman–Crippen MR) is 74.1 cm³/mol. The maximum absolute atomic E-state index is 5.83. The van der Waals surface area contributed by atoms with E-state index in [0.717, 1.165) is 6.42 Å². The SMILES string of the molecule is CCC(C)Sc1ccc(CC(C)N)c(C)c1. The number of nitrogens with two attached hydrogens (primary N) is 1. The Bertz CT molecular complexity index is 334. The summed E-state index contributed by atoms with van der Waals surface area (Å²) in [4.78, 5) is 1.38. The maximum Gasteiger partial charge on any atom is 0.00775 e. The summed E-state index contributed by atoms with van der Waals surface area (Å²) in [5.41, 5.74) is 8.57.